The van der Waals surface area contributed by atoms with Gasteiger partial charge in [0.1, 0.15) is 6.29 Å². The Kier molecular flexibility index (Phi) is 3.57. The molecule has 0 saturated carbocycles. The fourth-order valence-electron chi connectivity index (χ4n) is 1.41. The van der Waals surface area contributed by atoms with Gasteiger partial charge >= 0.3 is 0 Å². The fourth-order valence-corrected chi connectivity index (χ4v) is 2.43. The van der Waals surface area contributed by atoms with Crippen LogP contribution in [0.15, 0.2) is 17.5 Å². The van der Waals surface area contributed by atoms with Crippen molar-refractivity contribution >= 4 is 17.6 Å². The number of carbonyl (C=O) groups is 1. The molecule has 1 aromatic rings. The van der Waals surface area contributed by atoms with Crippen LogP contribution in [0.1, 0.15) is 24.6 Å². The van der Waals surface area contributed by atoms with Gasteiger partial charge in [-0.1, -0.05) is 19.9 Å². The number of hydrogen-bond acceptors (Lipinski definition) is 4. The number of carbonyl (C=O) groups excluding carboxylic acids is 1. The first kappa shape index (κ1) is 11.8. The number of aldehydes is 1. The fraction of sp³-hybridized carbons (Fsp3) is 0.500. The van der Waals surface area contributed by atoms with Crippen LogP contribution < -0.4 is 0 Å². The van der Waals surface area contributed by atoms with Crippen molar-refractivity contribution in [2.45, 2.75) is 19.8 Å². The normalized spacial score (nSPS) is 13.5. The molecule has 1 aromatic heterocycles. The van der Waals surface area contributed by atoms with E-state index in [0.717, 1.165) is 11.2 Å². The summed E-state index contributed by atoms with van der Waals surface area (Å²) in [5.74, 6) is -0.343. The van der Waals surface area contributed by atoms with E-state index in [1.807, 2.05) is 17.5 Å². The topological polar surface area (TPSA) is 60.2 Å². The van der Waals surface area contributed by atoms with Crippen LogP contribution in [0.2, 0.25) is 0 Å². The molecule has 5 heteroatoms. The summed E-state index contributed by atoms with van der Waals surface area (Å²) in [7, 11) is 0. The second-order valence-corrected chi connectivity index (χ2v) is 5.00. The van der Waals surface area contributed by atoms with E-state index in [1.165, 1.54) is 11.3 Å². The van der Waals surface area contributed by atoms with E-state index in [0.29, 0.717) is 0 Å². The molecule has 0 aliphatic heterocycles. The maximum Gasteiger partial charge on any atom is 0.212 e. The molecule has 0 spiro atoms. The summed E-state index contributed by atoms with van der Waals surface area (Å²) in [6.07, 6.45) is 0.793. The van der Waals surface area contributed by atoms with Gasteiger partial charge in [-0.3, -0.25) is 10.1 Å². The SMILES string of the molecule is CC(C)(C=O)[C@H](C[N+](=O)[O-])c1cccs1. The maximum atomic E-state index is 10.9. The van der Waals surface area contributed by atoms with Gasteiger partial charge in [0.25, 0.3) is 0 Å². The third-order valence-electron chi connectivity index (χ3n) is 2.42. The molecular formula is C10H13NO3S. The van der Waals surface area contributed by atoms with Crippen LogP contribution in [-0.2, 0) is 4.79 Å². The molecule has 0 N–H and O–H groups in total. The first-order valence-corrected chi connectivity index (χ1v) is 5.47. The highest BCUT2D eigenvalue weighted by Gasteiger charge is 2.35. The number of nitrogens with zero attached hydrogens (tertiary/aromatic N) is 1. The highest BCUT2D eigenvalue weighted by molar-refractivity contribution is 7.10. The number of hydrogen-bond donors (Lipinski definition) is 0. The van der Waals surface area contributed by atoms with Gasteiger partial charge in [0.2, 0.25) is 6.54 Å². The minimum atomic E-state index is -0.697. The van der Waals surface area contributed by atoms with Crippen LogP contribution in [-0.4, -0.2) is 17.8 Å². The second-order valence-electron chi connectivity index (χ2n) is 4.02. The van der Waals surface area contributed by atoms with E-state index in [1.54, 1.807) is 13.8 Å². The molecule has 0 aliphatic carbocycles. The van der Waals surface area contributed by atoms with Crippen LogP contribution in [0, 0.1) is 15.5 Å². The van der Waals surface area contributed by atoms with Crippen molar-refractivity contribution in [1.29, 1.82) is 0 Å². The maximum absolute atomic E-state index is 10.9. The molecule has 0 radical (unpaired) electrons. The van der Waals surface area contributed by atoms with E-state index < -0.39 is 5.41 Å². The van der Waals surface area contributed by atoms with Gasteiger partial charge in [-0.2, -0.15) is 0 Å². The Morgan fingerprint density at radius 3 is 2.73 bits per heavy atom. The molecule has 0 aromatic carbocycles. The average Bonchev–Trinajstić information content (AvgIpc) is 2.66. The molecule has 1 heterocycles. The number of rotatable bonds is 5. The third kappa shape index (κ3) is 2.86. The van der Waals surface area contributed by atoms with Crippen LogP contribution in [0.3, 0.4) is 0 Å². The summed E-state index contributed by atoms with van der Waals surface area (Å²) in [5, 5.41) is 12.4. The summed E-state index contributed by atoms with van der Waals surface area (Å²) in [6, 6.07) is 3.68. The minimum Gasteiger partial charge on any atom is -0.303 e. The van der Waals surface area contributed by atoms with E-state index in [9.17, 15) is 14.9 Å². The Hall–Kier alpha value is -1.23. The molecule has 4 nitrogen and oxygen atoms in total. The zero-order valence-electron chi connectivity index (χ0n) is 8.67. The summed E-state index contributed by atoms with van der Waals surface area (Å²) in [6.45, 7) is 3.26. The van der Waals surface area contributed by atoms with Crippen molar-refractivity contribution in [3.63, 3.8) is 0 Å². The first-order chi connectivity index (χ1) is 6.97. The summed E-state index contributed by atoms with van der Waals surface area (Å²) < 4.78 is 0. The van der Waals surface area contributed by atoms with Crippen LogP contribution in [0.5, 0.6) is 0 Å². The summed E-state index contributed by atoms with van der Waals surface area (Å²) in [5.41, 5.74) is -0.697. The summed E-state index contributed by atoms with van der Waals surface area (Å²) in [4.78, 5) is 22.0. The Balaban J connectivity index is 2.98. The van der Waals surface area contributed by atoms with Crippen molar-refractivity contribution in [2.24, 2.45) is 5.41 Å². The van der Waals surface area contributed by atoms with Crippen LogP contribution in [0.25, 0.3) is 0 Å². The summed E-state index contributed by atoms with van der Waals surface area (Å²) >= 11 is 1.45. The molecule has 1 rings (SSSR count). The molecule has 82 valence electrons. The monoisotopic (exact) mass is 227 g/mol. The average molecular weight is 227 g/mol. The molecule has 15 heavy (non-hydrogen) atoms. The van der Waals surface area contributed by atoms with E-state index in [4.69, 9.17) is 0 Å². The first-order valence-electron chi connectivity index (χ1n) is 4.59. The van der Waals surface area contributed by atoms with E-state index in [-0.39, 0.29) is 17.4 Å². The van der Waals surface area contributed by atoms with Crippen molar-refractivity contribution in [3.8, 4) is 0 Å². The van der Waals surface area contributed by atoms with Crippen molar-refractivity contribution < 1.29 is 9.72 Å². The molecule has 0 saturated heterocycles. The number of nitro groups is 1. The Bertz CT molecular complexity index is 346. The lowest BCUT2D eigenvalue weighted by Crippen LogP contribution is -2.28. The van der Waals surface area contributed by atoms with Gasteiger partial charge in [-0.15, -0.1) is 11.3 Å². The molecular weight excluding hydrogens is 214 g/mol. The number of thiophene rings is 1. The Morgan fingerprint density at radius 2 is 2.33 bits per heavy atom. The third-order valence-corrected chi connectivity index (χ3v) is 3.41. The van der Waals surface area contributed by atoms with E-state index in [2.05, 4.69) is 0 Å². The van der Waals surface area contributed by atoms with Gasteiger partial charge in [-0.05, 0) is 11.4 Å². The highest BCUT2D eigenvalue weighted by Crippen LogP contribution is 2.36. The Labute approximate surface area is 92.1 Å². The molecule has 0 bridgehead atoms. The van der Waals surface area contributed by atoms with Gasteiger partial charge in [0, 0.05) is 15.2 Å². The van der Waals surface area contributed by atoms with Crippen LogP contribution >= 0.6 is 11.3 Å². The largest absolute Gasteiger partial charge is 0.303 e. The molecule has 1 atom stereocenters. The Morgan fingerprint density at radius 1 is 1.67 bits per heavy atom. The standard InChI is InChI=1S/C10H13NO3S/c1-10(2,7-12)8(6-11(13)14)9-4-3-5-15-9/h3-5,7-8H,6H2,1-2H3/t8-/m1/s1. The predicted molar refractivity (Wildman–Crippen MR) is 58.8 cm³/mol. The molecule has 0 unspecified atom stereocenters. The zero-order chi connectivity index (χ0) is 11.5. The zero-order valence-corrected chi connectivity index (χ0v) is 9.49. The van der Waals surface area contributed by atoms with Gasteiger partial charge in [-0.25, -0.2) is 0 Å². The molecule has 0 fully saturated rings. The lowest BCUT2D eigenvalue weighted by atomic mass is 9.79. The lowest BCUT2D eigenvalue weighted by molar-refractivity contribution is -0.485. The quantitative estimate of drug-likeness (QED) is 0.440. The van der Waals surface area contributed by atoms with Crippen molar-refractivity contribution in [2.75, 3.05) is 6.54 Å². The van der Waals surface area contributed by atoms with Gasteiger partial charge < -0.3 is 4.79 Å². The molecule has 0 amide bonds. The van der Waals surface area contributed by atoms with Gasteiger partial charge in [0.05, 0.1) is 5.92 Å². The highest BCUT2D eigenvalue weighted by atomic mass is 32.1. The van der Waals surface area contributed by atoms with Crippen LogP contribution in [0.4, 0.5) is 0 Å². The lowest BCUT2D eigenvalue weighted by Gasteiger charge is -2.24. The van der Waals surface area contributed by atoms with Gasteiger partial charge in [0.15, 0.2) is 0 Å². The molecule has 0 aliphatic rings. The van der Waals surface area contributed by atoms with Crippen molar-refractivity contribution in [3.05, 3.63) is 32.5 Å². The minimum absolute atomic E-state index is 0.202. The second kappa shape index (κ2) is 4.53. The van der Waals surface area contributed by atoms with Crippen molar-refractivity contribution in [1.82, 2.24) is 0 Å². The predicted octanol–water partition coefficient (Wildman–Crippen LogP) is 2.33. The smallest absolute Gasteiger partial charge is 0.212 e. The van der Waals surface area contributed by atoms with E-state index >= 15 is 0 Å².